The highest BCUT2D eigenvalue weighted by molar-refractivity contribution is 7.14. The molecule has 1 N–H and O–H groups in total. The van der Waals surface area contributed by atoms with E-state index < -0.39 is 12.1 Å². The first-order chi connectivity index (χ1) is 12.3. The minimum absolute atomic E-state index is 0.0311. The van der Waals surface area contributed by atoms with E-state index in [0.29, 0.717) is 29.2 Å². The van der Waals surface area contributed by atoms with Gasteiger partial charge in [0.25, 0.3) is 5.91 Å². The number of thiazole rings is 1. The van der Waals surface area contributed by atoms with Crippen molar-refractivity contribution in [2.45, 2.75) is 19.5 Å². The number of aromatic nitrogens is 1. The van der Waals surface area contributed by atoms with Crippen molar-refractivity contribution in [3.63, 3.8) is 0 Å². The molecule has 10 heteroatoms. The lowest BCUT2D eigenvalue weighted by molar-refractivity contribution is -0.167. The van der Waals surface area contributed by atoms with Crippen molar-refractivity contribution in [3.05, 3.63) is 23.6 Å². The molecule has 0 bridgehead atoms. The van der Waals surface area contributed by atoms with E-state index >= 15 is 0 Å². The zero-order valence-electron chi connectivity index (χ0n) is 13.6. The van der Waals surface area contributed by atoms with E-state index in [0.717, 1.165) is 17.8 Å². The summed E-state index contributed by atoms with van der Waals surface area (Å²) >= 11 is 0.883. The van der Waals surface area contributed by atoms with E-state index in [1.165, 1.54) is 5.38 Å². The van der Waals surface area contributed by atoms with Crippen LogP contribution in [0.5, 0.6) is 5.75 Å². The van der Waals surface area contributed by atoms with Gasteiger partial charge in [0, 0.05) is 17.5 Å². The van der Waals surface area contributed by atoms with Gasteiger partial charge in [-0.05, 0) is 24.6 Å². The quantitative estimate of drug-likeness (QED) is 0.875. The zero-order valence-corrected chi connectivity index (χ0v) is 14.4. The molecule has 0 unspecified atom stereocenters. The molecule has 1 aliphatic rings. The molecule has 2 heterocycles. The number of rotatable bonds is 4. The Kier molecular flexibility index (Phi) is 4.86. The molecular formula is C16H14F3N3O3S. The molecule has 3 rings (SSSR count). The number of ether oxygens (including phenoxy) is 1. The maximum atomic E-state index is 12.3. The van der Waals surface area contributed by atoms with Gasteiger partial charge in [0.05, 0.1) is 11.4 Å². The number of nitrogens with zero attached hydrogens (tertiary/aromatic N) is 2. The van der Waals surface area contributed by atoms with Crippen LogP contribution in [0, 0.1) is 0 Å². The van der Waals surface area contributed by atoms with E-state index in [4.69, 9.17) is 4.74 Å². The first-order valence-corrected chi connectivity index (χ1v) is 8.59. The Morgan fingerprint density at radius 3 is 2.88 bits per heavy atom. The first-order valence-electron chi connectivity index (χ1n) is 7.71. The minimum atomic E-state index is -4.98. The Bertz CT molecular complexity index is 851. The fourth-order valence-corrected chi connectivity index (χ4v) is 3.18. The van der Waals surface area contributed by atoms with Crippen LogP contribution in [-0.2, 0) is 9.59 Å². The van der Waals surface area contributed by atoms with Crippen molar-refractivity contribution in [1.82, 2.24) is 4.98 Å². The fourth-order valence-electron chi connectivity index (χ4n) is 2.46. The highest BCUT2D eigenvalue weighted by atomic mass is 32.1. The number of amides is 2. The van der Waals surface area contributed by atoms with Crippen LogP contribution < -0.4 is 15.0 Å². The predicted molar refractivity (Wildman–Crippen MR) is 90.4 cm³/mol. The molecule has 0 atom stereocenters. The number of hydrogen-bond acceptors (Lipinski definition) is 5. The van der Waals surface area contributed by atoms with Crippen molar-refractivity contribution < 1.29 is 27.5 Å². The average Bonchev–Trinajstić information content (AvgIpc) is 3.05. The Hall–Kier alpha value is -2.62. The summed E-state index contributed by atoms with van der Waals surface area (Å²) in [4.78, 5) is 28.7. The van der Waals surface area contributed by atoms with E-state index in [-0.39, 0.29) is 17.6 Å². The SMILES string of the molecule is CCCN1C(=O)COc2ccc(-c3csc(NC(=O)C(F)(F)F)n3)cc21. The molecule has 1 aliphatic heterocycles. The molecule has 26 heavy (non-hydrogen) atoms. The maximum Gasteiger partial charge on any atom is 0.471 e. The van der Waals surface area contributed by atoms with Gasteiger partial charge in [0.2, 0.25) is 0 Å². The predicted octanol–water partition coefficient (Wildman–Crippen LogP) is 3.45. The number of carbonyl (C=O) groups is 2. The molecule has 0 fully saturated rings. The normalized spacial score (nSPS) is 14.0. The third kappa shape index (κ3) is 3.64. The van der Waals surface area contributed by atoms with Crippen molar-refractivity contribution >= 4 is 34.0 Å². The largest absolute Gasteiger partial charge is 0.482 e. The third-order valence-electron chi connectivity index (χ3n) is 3.63. The number of carbonyl (C=O) groups excluding carboxylic acids is 2. The van der Waals surface area contributed by atoms with E-state index in [1.54, 1.807) is 28.4 Å². The van der Waals surface area contributed by atoms with Crippen LogP contribution in [0.15, 0.2) is 23.6 Å². The number of halogens is 3. The molecule has 0 saturated heterocycles. The second-order valence-corrected chi connectivity index (χ2v) is 6.36. The first kappa shape index (κ1) is 18.2. The van der Waals surface area contributed by atoms with Gasteiger partial charge in [-0.3, -0.25) is 14.9 Å². The Balaban J connectivity index is 1.87. The van der Waals surface area contributed by atoms with Gasteiger partial charge in [-0.2, -0.15) is 13.2 Å². The molecule has 0 spiro atoms. The van der Waals surface area contributed by atoms with Gasteiger partial charge in [-0.15, -0.1) is 11.3 Å². The molecule has 6 nitrogen and oxygen atoms in total. The van der Waals surface area contributed by atoms with E-state index in [2.05, 4.69) is 4.98 Å². The third-order valence-corrected chi connectivity index (χ3v) is 4.38. The van der Waals surface area contributed by atoms with E-state index in [9.17, 15) is 22.8 Å². The second kappa shape index (κ2) is 6.94. The molecule has 138 valence electrons. The van der Waals surface area contributed by atoms with Gasteiger partial charge in [0.1, 0.15) is 5.75 Å². The smallest absolute Gasteiger partial charge is 0.471 e. The number of alkyl halides is 3. The lowest BCUT2D eigenvalue weighted by Gasteiger charge is -2.29. The van der Waals surface area contributed by atoms with Crippen LogP contribution in [0.3, 0.4) is 0 Å². The summed E-state index contributed by atoms with van der Waals surface area (Å²) in [7, 11) is 0. The van der Waals surface area contributed by atoms with Crippen molar-refractivity contribution in [2.75, 3.05) is 23.4 Å². The van der Waals surface area contributed by atoms with Crippen LogP contribution >= 0.6 is 11.3 Å². The van der Waals surface area contributed by atoms with Crippen LogP contribution in [0.4, 0.5) is 24.0 Å². The molecule has 0 radical (unpaired) electrons. The molecule has 1 aromatic heterocycles. The fraction of sp³-hybridized carbons (Fsp3) is 0.312. The van der Waals surface area contributed by atoms with Crippen molar-refractivity contribution in [2.24, 2.45) is 0 Å². The molecular weight excluding hydrogens is 371 g/mol. The molecule has 1 aromatic carbocycles. The number of benzene rings is 1. The zero-order chi connectivity index (χ0) is 18.9. The maximum absolute atomic E-state index is 12.3. The summed E-state index contributed by atoms with van der Waals surface area (Å²) in [6.45, 7) is 2.45. The molecule has 2 aromatic rings. The Morgan fingerprint density at radius 1 is 1.42 bits per heavy atom. The monoisotopic (exact) mass is 385 g/mol. The Labute approximate surface area is 150 Å². The summed E-state index contributed by atoms with van der Waals surface area (Å²) in [5, 5.41) is 3.10. The summed E-state index contributed by atoms with van der Waals surface area (Å²) in [6, 6.07) is 5.09. The van der Waals surface area contributed by atoms with Crippen LogP contribution in [0.1, 0.15) is 13.3 Å². The lowest BCUT2D eigenvalue weighted by atomic mass is 10.1. The number of nitrogens with one attached hydrogen (secondary N) is 1. The number of hydrogen-bond donors (Lipinski definition) is 1. The summed E-state index contributed by atoms with van der Waals surface area (Å²) in [6.07, 6.45) is -4.21. The van der Waals surface area contributed by atoms with Crippen molar-refractivity contribution in [1.29, 1.82) is 0 Å². The van der Waals surface area contributed by atoms with Gasteiger partial charge in [0.15, 0.2) is 11.7 Å². The highest BCUT2D eigenvalue weighted by Crippen LogP contribution is 2.37. The van der Waals surface area contributed by atoms with Gasteiger partial charge >= 0.3 is 12.1 Å². The van der Waals surface area contributed by atoms with Gasteiger partial charge in [-0.25, -0.2) is 4.98 Å². The average molecular weight is 385 g/mol. The van der Waals surface area contributed by atoms with Crippen LogP contribution in [0.25, 0.3) is 11.3 Å². The standard InChI is InChI=1S/C16H14F3N3O3S/c1-2-5-22-11-6-9(3-4-12(11)25-7-13(22)23)10-8-26-15(20-10)21-14(24)16(17,18)19/h3-4,6,8H,2,5,7H2,1H3,(H,20,21,24). The summed E-state index contributed by atoms with van der Waals surface area (Å²) in [5.41, 5.74) is 1.59. The molecule has 0 saturated carbocycles. The highest BCUT2D eigenvalue weighted by Gasteiger charge is 2.39. The van der Waals surface area contributed by atoms with E-state index in [1.807, 2.05) is 6.92 Å². The lowest BCUT2D eigenvalue weighted by Crippen LogP contribution is -2.39. The number of fused-ring (bicyclic) bond motifs is 1. The van der Waals surface area contributed by atoms with Crippen LogP contribution in [0.2, 0.25) is 0 Å². The summed E-state index contributed by atoms with van der Waals surface area (Å²) in [5.74, 6) is -1.67. The second-order valence-electron chi connectivity index (χ2n) is 5.51. The number of anilines is 2. The molecule has 2 amide bonds. The molecule has 0 aliphatic carbocycles. The minimum Gasteiger partial charge on any atom is -0.482 e. The van der Waals surface area contributed by atoms with Gasteiger partial charge in [-0.1, -0.05) is 6.92 Å². The van der Waals surface area contributed by atoms with Crippen LogP contribution in [-0.4, -0.2) is 36.1 Å². The van der Waals surface area contributed by atoms with Crippen molar-refractivity contribution in [3.8, 4) is 17.0 Å². The Morgan fingerprint density at radius 2 is 2.19 bits per heavy atom. The topological polar surface area (TPSA) is 71.5 Å². The summed E-state index contributed by atoms with van der Waals surface area (Å²) < 4.78 is 42.4. The van der Waals surface area contributed by atoms with Gasteiger partial charge < -0.3 is 9.64 Å².